The first-order valence-corrected chi connectivity index (χ1v) is 7.68. The molecule has 0 bridgehead atoms. The van der Waals surface area contributed by atoms with Crippen LogP contribution < -0.4 is 4.74 Å². The number of carbonyl (C=O) groups is 1. The van der Waals surface area contributed by atoms with E-state index in [4.69, 9.17) is 9.47 Å². The molecular formula is C17H27NO3. The molecule has 1 saturated heterocycles. The van der Waals surface area contributed by atoms with Crippen molar-refractivity contribution < 1.29 is 14.3 Å². The van der Waals surface area contributed by atoms with Gasteiger partial charge in [-0.15, -0.1) is 0 Å². The van der Waals surface area contributed by atoms with Crippen LogP contribution in [0.4, 0.5) is 0 Å². The summed E-state index contributed by atoms with van der Waals surface area (Å²) in [5.74, 6) is 1.22. The lowest BCUT2D eigenvalue weighted by molar-refractivity contribution is 0.0302. The van der Waals surface area contributed by atoms with Crippen molar-refractivity contribution in [2.45, 2.75) is 33.6 Å². The average molecular weight is 293 g/mol. The molecule has 0 spiro atoms. The van der Waals surface area contributed by atoms with E-state index in [0.29, 0.717) is 37.8 Å². The van der Waals surface area contributed by atoms with Crippen molar-refractivity contribution in [3.8, 4) is 5.75 Å². The number of rotatable bonds is 3. The van der Waals surface area contributed by atoms with Gasteiger partial charge >= 0.3 is 0 Å². The molecule has 0 aromatic heterocycles. The Kier molecular flexibility index (Phi) is 7.23. The monoisotopic (exact) mass is 293 g/mol. The second-order valence-electron chi connectivity index (χ2n) is 5.02. The van der Waals surface area contributed by atoms with Gasteiger partial charge in [0, 0.05) is 18.7 Å². The molecule has 1 aliphatic heterocycles. The molecular weight excluding hydrogens is 266 g/mol. The zero-order valence-electron chi connectivity index (χ0n) is 13.8. The third-order valence-corrected chi connectivity index (χ3v) is 3.40. The minimum absolute atomic E-state index is 0.0527. The smallest absolute Gasteiger partial charge is 0.254 e. The lowest BCUT2D eigenvalue weighted by atomic mass is 10.00. The van der Waals surface area contributed by atoms with E-state index < -0.39 is 0 Å². The zero-order chi connectivity index (χ0) is 15.8. The number of morpholine rings is 1. The van der Waals surface area contributed by atoms with Crippen molar-refractivity contribution in [1.82, 2.24) is 4.90 Å². The highest BCUT2D eigenvalue weighted by Crippen LogP contribution is 2.27. The minimum atomic E-state index is 0.0527. The molecule has 0 N–H and O–H groups in total. The van der Waals surface area contributed by atoms with Crippen molar-refractivity contribution in [3.05, 3.63) is 29.3 Å². The summed E-state index contributed by atoms with van der Waals surface area (Å²) in [5, 5.41) is 0. The molecule has 1 fully saturated rings. The van der Waals surface area contributed by atoms with E-state index in [2.05, 4.69) is 13.8 Å². The summed E-state index contributed by atoms with van der Waals surface area (Å²) in [6, 6.07) is 5.71. The summed E-state index contributed by atoms with van der Waals surface area (Å²) >= 11 is 0. The standard InChI is InChI=1S/C15H21NO3.C2H6/c1-11(2)13-5-4-12(10-14(13)18-3)15(17)16-6-8-19-9-7-16;1-2/h4-5,10-11H,6-9H2,1-3H3;1-2H3. The van der Waals surface area contributed by atoms with Gasteiger partial charge in [0.15, 0.2) is 0 Å². The third kappa shape index (κ3) is 4.46. The summed E-state index contributed by atoms with van der Waals surface area (Å²) in [5.41, 5.74) is 1.81. The van der Waals surface area contributed by atoms with Gasteiger partial charge in [0.05, 0.1) is 20.3 Å². The first kappa shape index (κ1) is 17.5. The number of amides is 1. The summed E-state index contributed by atoms with van der Waals surface area (Å²) < 4.78 is 10.7. The van der Waals surface area contributed by atoms with Gasteiger partial charge in [-0.05, 0) is 23.6 Å². The summed E-state index contributed by atoms with van der Waals surface area (Å²) in [4.78, 5) is 14.2. The Labute approximate surface area is 128 Å². The van der Waals surface area contributed by atoms with Crippen LogP contribution in [-0.4, -0.2) is 44.2 Å². The van der Waals surface area contributed by atoms with Gasteiger partial charge in [0.25, 0.3) is 5.91 Å². The fraction of sp³-hybridized carbons (Fsp3) is 0.588. The Balaban J connectivity index is 0.00000106. The minimum Gasteiger partial charge on any atom is -0.496 e. The van der Waals surface area contributed by atoms with Gasteiger partial charge in [0.2, 0.25) is 0 Å². The molecule has 0 aliphatic carbocycles. The molecule has 1 aromatic rings. The van der Waals surface area contributed by atoms with Gasteiger partial charge in [0.1, 0.15) is 5.75 Å². The van der Waals surface area contributed by atoms with Crippen LogP contribution in [0.2, 0.25) is 0 Å². The summed E-state index contributed by atoms with van der Waals surface area (Å²) in [6.45, 7) is 10.8. The van der Waals surface area contributed by atoms with E-state index in [0.717, 1.165) is 11.3 Å². The van der Waals surface area contributed by atoms with Gasteiger partial charge in [-0.2, -0.15) is 0 Å². The molecule has 4 heteroatoms. The van der Waals surface area contributed by atoms with Crippen LogP contribution in [-0.2, 0) is 4.74 Å². The fourth-order valence-corrected chi connectivity index (χ4v) is 2.27. The van der Waals surface area contributed by atoms with Crippen LogP contribution >= 0.6 is 0 Å². The number of benzene rings is 1. The molecule has 1 heterocycles. The van der Waals surface area contributed by atoms with Crippen LogP contribution in [0.1, 0.15) is 49.5 Å². The van der Waals surface area contributed by atoms with Crippen LogP contribution in [0.5, 0.6) is 5.75 Å². The maximum atomic E-state index is 12.4. The van der Waals surface area contributed by atoms with E-state index in [-0.39, 0.29) is 5.91 Å². The molecule has 1 aliphatic rings. The van der Waals surface area contributed by atoms with Crippen molar-refractivity contribution in [2.24, 2.45) is 0 Å². The Morgan fingerprint density at radius 1 is 1.24 bits per heavy atom. The van der Waals surface area contributed by atoms with Crippen LogP contribution in [0.25, 0.3) is 0 Å². The summed E-state index contributed by atoms with van der Waals surface area (Å²) in [6.07, 6.45) is 0. The molecule has 0 unspecified atom stereocenters. The topological polar surface area (TPSA) is 38.8 Å². The maximum absolute atomic E-state index is 12.4. The van der Waals surface area contributed by atoms with Crippen molar-refractivity contribution >= 4 is 5.91 Å². The lowest BCUT2D eigenvalue weighted by Crippen LogP contribution is -2.40. The van der Waals surface area contributed by atoms with Gasteiger partial charge in [-0.3, -0.25) is 4.79 Å². The molecule has 21 heavy (non-hydrogen) atoms. The van der Waals surface area contributed by atoms with Gasteiger partial charge < -0.3 is 14.4 Å². The van der Waals surface area contributed by atoms with Gasteiger partial charge in [-0.1, -0.05) is 33.8 Å². The third-order valence-electron chi connectivity index (χ3n) is 3.40. The quantitative estimate of drug-likeness (QED) is 0.858. The molecule has 0 saturated carbocycles. The van der Waals surface area contributed by atoms with Crippen molar-refractivity contribution in [1.29, 1.82) is 0 Å². The largest absolute Gasteiger partial charge is 0.496 e. The Hall–Kier alpha value is -1.55. The Morgan fingerprint density at radius 2 is 1.86 bits per heavy atom. The van der Waals surface area contributed by atoms with Gasteiger partial charge in [-0.25, -0.2) is 0 Å². The van der Waals surface area contributed by atoms with Crippen molar-refractivity contribution in [3.63, 3.8) is 0 Å². The Morgan fingerprint density at radius 3 is 2.38 bits per heavy atom. The van der Waals surface area contributed by atoms with Crippen LogP contribution in [0.15, 0.2) is 18.2 Å². The predicted octanol–water partition coefficient (Wildman–Crippen LogP) is 3.32. The van der Waals surface area contributed by atoms with E-state index >= 15 is 0 Å². The van der Waals surface area contributed by atoms with Crippen molar-refractivity contribution in [2.75, 3.05) is 33.4 Å². The number of hydrogen-bond donors (Lipinski definition) is 0. The SMILES string of the molecule is CC.COc1cc(C(=O)N2CCOCC2)ccc1C(C)C. The predicted molar refractivity (Wildman–Crippen MR) is 85.2 cm³/mol. The number of nitrogens with zero attached hydrogens (tertiary/aromatic N) is 1. The van der Waals surface area contributed by atoms with E-state index in [1.54, 1.807) is 7.11 Å². The fourth-order valence-electron chi connectivity index (χ4n) is 2.27. The Bertz CT molecular complexity index is 451. The molecule has 1 aromatic carbocycles. The highest BCUT2D eigenvalue weighted by Gasteiger charge is 2.20. The highest BCUT2D eigenvalue weighted by atomic mass is 16.5. The normalized spacial score (nSPS) is 14.5. The first-order chi connectivity index (χ1) is 10.1. The average Bonchev–Trinajstić information content (AvgIpc) is 2.56. The molecule has 0 radical (unpaired) electrons. The second-order valence-corrected chi connectivity index (χ2v) is 5.02. The highest BCUT2D eigenvalue weighted by molar-refractivity contribution is 5.94. The van der Waals surface area contributed by atoms with Crippen LogP contribution in [0.3, 0.4) is 0 Å². The molecule has 4 nitrogen and oxygen atoms in total. The van der Waals surface area contributed by atoms with E-state index in [9.17, 15) is 4.79 Å². The number of carbonyl (C=O) groups excluding carboxylic acids is 1. The maximum Gasteiger partial charge on any atom is 0.254 e. The number of hydrogen-bond acceptors (Lipinski definition) is 3. The molecule has 2 rings (SSSR count). The molecule has 118 valence electrons. The number of methoxy groups -OCH3 is 1. The van der Waals surface area contributed by atoms with Crippen LogP contribution in [0, 0.1) is 0 Å². The first-order valence-electron chi connectivity index (χ1n) is 7.68. The zero-order valence-corrected chi connectivity index (χ0v) is 13.8. The lowest BCUT2D eigenvalue weighted by Gasteiger charge is -2.27. The number of ether oxygens (including phenoxy) is 2. The van der Waals surface area contributed by atoms with E-state index in [1.165, 1.54) is 0 Å². The molecule has 0 atom stereocenters. The molecule has 1 amide bonds. The second kappa shape index (κ2) is 8.67. The van der Waals surface area contributed by atoms with E-state index in [1.807, 2.05) is 36.9 Å². The summed E-state index contributed by atoms with van der Waals surface area (Å²) in [7, 11) is 1.64.